The number of benzene rings is 3. The molecular weight excluding hydrogens is 376 g/mol. The summed E-state index contributed by atoms with van der Waals surface area (Å²) in [6.07, 6.45) is 5.55. The smallest absolute Gasteiger partial charge is 0.339 e. The van der Waals surface area contributed by atoms with Gasteiger partial charge in [0, 0.05) is 0 Å². The van der Waals surface area contributed by atoms with Gasteiger partial charge in [-0.15, -0.1) is 0 Å². The highest BCUT2D eigenvalue weighted by molar-refractivity contribution is 6.05. The number of ether oxygens (including phenoxy) is 3. The number of carbonyl (C=O) groups excluding carboxylic acids is 1. The van der Waals surface area contributed by atoms with Crippen molar-refractivity contribution in [2.45, 2.75) is 32.3 Å². The van der Waals surface area contributed by atoms with E-state index in [2.05, 4.69) is 6.07 Å². The SMILES string of the molecule is O=C(OCc1ccccc1)c1c(CCCOC2=CCCCO2)ccc2ccccc12. The second-order valence-corrected chi connectivity index (χ2v) is 7.35. The molecule has 0 radical (unpaired) electrons. The zero-order chi connectivity index (χ0) is 20.6. The van der Waals surface area contributed by atoms with Gasteiger partial charge in [0.15, 0.2) is 0 Å². The third-order valence-corrected chi connectivity index (χ3v) is 5.17. The lowest BCUT2D eigenvalue weighted by atomic mass is 9.96. The summed E-state index contributed by atoms with van der Waals surface area (Å²) in [5, 5.41) is 1.96. The summed E-state index contributed by atoms with van der Waals surface area (Å²) in [5.41, 5.74) is 2.60. The Balaban J connectivity index is 1.47. The molecule has 0 aromatic heterocycles. The first-order valence-electron chi connectivity index (χ1n) is 10.5. The van der Waals surface area contributed by atoms with E-state index in [9.17, 15) is 4.79 Å². The molecule has 4 rings (SSSR count). The fraction of sp³-hybridized carbons (Fsp3) is 0.269. The molecule has 1 aliphatic heterocycles. The highest BCUT2D eigenvalue weighted by atomic mass is 16.7. The fourth-order valence-corrected chi connectivity index (χ4v) is 3.63. The normalized spacial score (nSPS) is 13.4. The summed E-state index contributed by atoms with van der Waals surface area (Å²) in [5.74, 6) is 0.340. The highest BCUT2D eigenvalue weighted by Gasteiger charge is 2.17. The van der Waals surface area contributed by atoms with Crippen molar-refractivity contribution >= 4 is 16.7 Å². The second kappa shape index (κ2) is 9.97. The van der Waals surface area contributed by atoms with Crippen molar-refractivity contribution in [1.82, 2.24) is 0 Å². The molecule has 3 aromatic carbocycles. The number of carbonyl (C=O) groups is 1. The molecule has 0 fully saturated rings. The van der Waals surface area contributed by atoms with E-state index in [1.54, 1.807) is 0 Å². The molecule has 4 nitrogen and oxygen atoms in total. The molecular formula is C26H26O4. The largest absolute Gasteiger partial charge is 0.466 e. The Morgan fingerprint density at radius 2 is 1.80 bits per heavy atom. The van der Waals surface area contributed by atoms with Gasteiger partial charge in [-0.3, -0.25) is 0 Å². The first-order valence-corrected chi connectivity index (χ1v) is 10.5. The van der Waals surface area contributed by atoms with Crippen molar-refractivity contribution < 1.29 is 19.0 Å². The summed E-state index contributed by atoms with van der Waals surface area (Å²) in [7, 11) is 0. The summed E-state index contributed by atoms with van der Waals surface area (Å²) >= 11 is 0. The molecule has 0 aliphatic carbocycles. The first-order chi connectivity index (χ1) is 14.8. The lowest BCUT2D eigenvalue weighted by molar-refractivity contribution is 0.0240. The van der Waals surface area contributed by atoms with Gasteiger partial charge in [0.1, 0.15) is 6.61 Å². The minimum absolute atomic E-state index is 0.261. The van der Waals surface area contributed by atoms with Crippen molar-refractivity contribution in [3.63, 3.8) is 0 Å². The van der Waals surface area contributed by atoms with Gasteiger partial charge in [-0.05, 0) is 53.7 Å². The number of esters is 1. The molecule has 0 N–H and O–H groups in total. The van der Waals surface area contributed by atoms with Crippen LogP contribution in [-0.2, 0) is 27.2 Å². The van der Waals surface area contributed by atoms with E-state index in [1.165, 1.54) is 0 Å². The standard InChI is InChI=1S/C26H26O4/c27-26(30-19-20-9-2-1-3-10-20)25-22(16-15-21-11-4-5-13-23(21)25)12-8-18-29-24-14-6-7-17-28-24/h1-5,9-11,13-16H,6-8,12,17-19H2. The van der Waals surface area contributed by atoms with Crippen molar-refractivity contribution in [3.05, 3.63) is 95.4 Å². The molecule has 0 spiro atoms. The van der Waals surface area contributed by atoms with Crippen molar-refractivity contribution in [2.75, 3.05) is 13.2 Å². The maximum atomic E-state index is 13.1. The lowest BCUT2D eigenvalue weighted by Gasteiger charge is -2.16. The molecule has 4 heteroatoms. The number of hydrogen-bond donors (Lipinski definition) is 0. The zero-order valence-corrected chi connectivity index (χ0v) is 17.0. The van der Waals surface area contributed by atoms with Crippen LogP contribution in [0.3, 0.4) is 0 Å². The van der Waals surface area contributed by atoms with Gasteiger partial charge in [-0.25, -0.2) is 4.79 Å². The molecule has 0 atom stereocenters. The number of hydrogen-bond acceptors (Lipinski definition) is 4. The Morgan fingerprint density at radius 1 is 0.967 bits per heavy atom. The van der Waals surface area contributed by atoms with E-state index >= 15 is 0 Å². The Bertz CT molecular complexity index is 1020. The minimum Gasteiger partial charge on any atom is -0.466 e. The second-order valence-electron chi connectivity index (χ2n) is 7.35. The first kappa shape index (κ1) is 20.0. The van der Waals surface area contributed by atoms with Crippen LogP contribution in [0.2, 0.25) is 0 Å². The van der Waals surface area contributed by atoms with Gasteiger partial charge in [0.2, 0.25) is 0 Å². The topological polar surface area (TPSA) is 44.8 Å². The predicted molar refractivity (Wildman–Crippen MR) is 117 cm³/mol. The van der Waals surface area contributed by atoms with Crippen LogP contribution < -0.4 is 0 Å². The monoisotopic (exact) mass is 402 g/mol. The molecule has 1 aliphatic rings. The van der Waals surface area contributed by atoms with Crippen LogP contribution >= 0.6 is 0 Å². The molecule has 154 valence electrons. The van der Waals surface area contributed by atoms with Gasteiger partial charge in [0.25, 0.3) is 5.95 Å². The van der Waals surface area contributed by atoms with Crippen LogP contribution in [0.1, 0.15) is 40.7 Å². The predicted octanol–water partition coefficient (Wildman–Crippen LogP) is 5.80. The molecule has 0 unspecified atom stereocenters. The fourth-order valence-electron chi connectivity index (χ4n) is 3.63. The van der Waals surface area contributed by atoms with Gasteiger partial charge < -0.3 is 14.2 Å². The maximum absolute atomic E-state index is 13.1. The number of allylic oxidation sites excluding steroid dienone is 1. The Morgan fingerprint density at radius 3 is 2.63 bits per heavy atom. The highest BCUT2D eigenvalue weighted by Crippen LogP contribution is 2.25. The molecule has 0 bridgehead atoms. The lowest BCUT2D eigenvalue weighted by Crippen LogP contribution is -2.11. The van der Waals surface area contributed by atoms with E-state index in [0.29, 0.717) is 24.7 Å². The van der Waals surface area contributed by atoms with Gasteiger partial charge >= 0.3 is 5.97 Å². The van der Waals surface area contributed by atoms with Crippen LogP contribution in [0.15, 0.2) is 78.8 Å². The molecule has 0 saturated carbocycles. The quantitative estimate of drug-likeness (QED) is 0.353. The third-order valence-electron chi connectivity index (χ3n) is 5.17. The van der Waals surface area contributed by atoms with Gasteiger partial charge in [-0.2, -0.15) is 0 Å². The van der Waals surface area contributed by atoms with Gasteiger partial charge in [-0.1, -0.05) is 66.7 Å². The molecule has 0 amide bonds. The van der Waals surface area contributed by atoms with Crippen molar-refractivity contribution in [2.24, 2.45) is 0 Å². The van der Waals surface area contributed by atoms with Crippen LogP contribution in [0.4, 0.5) is 0 Å². The number of aryl methyl sites for hydroxylation is 1. The molecule has 0 saturated heterocycles. The maximum Gasteiger partial charge on any atom is 0.339 e. The van der Waals surface area contributed by atoms with E-state index < -0.39 is 0 Å². The third kappa shape index (κ3) is 5.01. The van der Waals surface area contributed by atoms with Crippen LogP contribution in [-0.4, -0.2) is 19.2 Å². The number of fused-ring (bicyclic) bond motifs is 1. The van der Waals surface area contributed by atoms with Crippen molar-refractivity contribution in [3.8, 4) is 0 Å². The molecule has 3 aromatic rings. The summed E-state index contributed by atoms with van der Waals surface area (Å²) in [6.45, 7) is 1.53. The van der Waals surface area contributed by atoms with Crippen LogP contribution in [0, 0.1) is 0 Å². The summed E-state index contributed by atoms with van der Waals surface area (Å²) in [6, 6.07) is 21.8. The average Bonchev–Trinajstić information content (AvgIpc) is 2.81. The van der Waals surface area contributed by atoms with Crippen LogP contribution in [0.5, 0.6) is 0 Å². The van der Waals surface area contributed by atoms with E-state index in [1.807, 2.05) is 66.7 Å². The average molecular weight is 402 g/mol. The van der Waals surface area contributed by atoms with Gasteiger partial charge in [0.05, 0.1) is 18.8 Å². The summed E-state index contributed by atoms with van der Waals surface area (Å²) in [4.78, 5) is 13.1. The molecule has 1 heterocycles. The summed E-state index contributed by atoms with van der Waals surface area (Å²) < 4.78 is 16.9. The minimum atomic E-state index is -0.287. The van der Waals surface area contributed by atoms with Crippen LogP contribution in [0.25, 0.3) is 10.8 Å². The molecule has 30 heavy (non-hydrogen) atoms. The van der Waals surface area contributed by atoms with E-state index in [-0.39, 0.29) is 12.6 Å². The van der Waals surface area contributed by atoms with E-state index in [4.69, 9.17) is 14.2 Å². The Labute approximate surface area is 177 Å². The number of rotatable bonds is 8. The Kier molecular flexibility index (Phi) is 6.65. The zero-order valence-electron chi connectivity index (χ0n) is 17.0. The van der Waals surface area contributed by atoms with E-state index in [0.717, 1.165) is 47.6 Å². The van der Waals surface area contributed by atoms with Crippen molar-refractivity contribution in [1.29, 1.82) is 0 Å². The Hall–Kier alpha value is -3.27.